The Labute approximate surface area is 74.5 Å². The van der Waals surface area contributed by atoms with Crippen LogP contribution in [0.3, 0.4) is 0 Å². The van der Waals surface area contributed by atoms with Crippen molar-refractivity contribution in [2.75, 3.05) is 14.1 Å². The van der Waals surface area contributed by atoms with E-state index in [0.29, 0.717) is 0 Å². The maximum atomic E-state index is 5.93. The predicted octanol–water partition coefficient (Wildman–Crippen LogP) is -1.05. The molecule has 0 aliphatic heterocycles. The third-order valence-electron chi connectivity index (χ3n) is 1.01. The van der Waals surface area contributed by atoms with Gasteiger partial charge in [0.05, 0.1) is 5.41 Å². The van der Waals surface area contributed by atoms with E-state index in [4.69, 9.17) is 11.6 Å². The second-order valence-corrected chi connectivity index (χ2v) is 3.79. The first-order valence-corrected chi connectivity index (χ1v) is 3.43. The summed E-state index contributed by atoms with van der Waals surface area (Å²) in [5.74, 6) is 0. The maximum Gasteiger partial charge on any atom is 0.249 e. The number of rotatable bonds is 0. The molecule has 0 N–H and O–H groups in total. The van der Waals surface area contributed by atoms with E-state index in [1.54, 1.807) is 0 Å². The van der Waals surface area contributed by atoms with Gasteiger partial charge in [0.15, 0.2) is 0 Å². The summed E-state index contributed by atoms with van der Waals surface area (Å²) in [4.78, 5) is 0. The maximum absolute atomic E-state index is 5.93. The Bertz CT molecular complexity index is 129. The minimum Gasteiger partial charge on any atom is -1.00 e. The van der Waals surface area contributed by atoms with Crippen molar-refractivity contribution < 1.29 is 17.0 Å². The first-order chi connectivity index (χ1) is 3.85. The van der Waals surface area contributed by atoms with Crippen LogP contribution >= 0.6 is 11.6 Å². The first kappa shape index (κ1) is 12.9. The number of nitrogens with zero attached hydrogens (tertiary/aromatic N) is 1. The summed E-state index contributed by atoms with van der Waals surface area (Å²) in [6.45, 7) is 6.28. The third-order valence-corrected chi connectivity index (χ3v) is 1.92. The SMILES string of the molecule is C[N+](C)=C(Cl)C(C)(C)C.[Cl-]. The quantitative estimate of drug-likeness (QED) is 0.333. The van der Waals surface area contributed by atoms with Gasteiger partial charge in [0.1, 0.15) is 14.1 Å². The first-order valence-electron chi connectivity index (χ1n) is 3.06. The van der Waals surface area contributed by atoms with Crippen LogP contribution in [0.2, 0.25) is 0 Å². The molecular weight excluding hydrogens is 169 g/mol. The molecule has 0 atom stereocenters. The fourth-order valence-corrected chi connectivity index (χ4v) is 0.671. The fraction of sp³-hybridized carbons (Fsp3) is 0.857. The second-order valence-electron chi connectivity index (χ2n) is 3.44. The highest BCUT2D eigenvalue weighted by Gasteiger charge is 2.22. The van der Waals surface area contributed by atoms with E-state index >= 15 is 0 Å². The molecule has 0 rings (SSSR count). The van der Waals surface area contributed by atoms with E-state index in [9.17, 15) is 0 Å². The van der Waals surface area contributed by atoms with Crippen LogP contribution in [-0.2, 0) is 0 Å². The lowest BCUT2D eigenvalue weighted by atomic mass is 9.98. The molecule has 0 amide bonds. The lowest BCUT2D eigenvalue weighted by molar-refractivity contribution is -0.465. The Balaban J connectivity index is 0. The van der Waals surface area contributed by atoms with Gasteiger partial charge in [-0.3, -0.25) is 0 Å². The van der Waals surface area contributed by atoms with E-state index in [1.165, 1.54) is 0 Å². The van der Waals surface area contributed by atoms with E-state index in [1.807, 2.05) is 18.7 Å². The van der Waals surface area contributed by atoms with E-state index < -0.39 is 0 Å². The molecule has 0 saturated carbocycles. The topological polar surface area (TPSA) is 3.01 Å². The smallest absolute Gasteiger partial charge is 0.249 e. The Morgan fingerprint density at radius 2 is 1.50 bits per heavy atom. The third kappa shape index (κ3) is 4.13. The highest BCUT2D eigenvalue weighted by Crippen LogP contribution is 2.17. The van der Waals surface area contributed by atoms with Gasteiger partial charge < -0.3 is 12.4 Å². The largest absolute Gasteiger partial charge is 1.00 e. The van der Waals surface area contributed by atoms with Gasteiger partial charge in [0, 0.05) is 0 Å². The lowest BCUT2D eigenvalue weighted by Crippen LogP contribution is -3.00. The van der Waals surface area contributed by atoms with E-state index in [2.05, 4.69) is 20.8 Å². The standard InChI is InChI=1S/C7H15ClN.ClH/c1-7(2,3)6(8)9(4)5;/h1-5H3;1H/q+1;/p-1. The van der Waals surface area contributed by atoms with Crippen molar-refractivity contribution in [3.8, 4) is 0 Å². The molecule has 62 valence electrons. The molecule has 0 heterocycles. The van der Waals surface area contributed by atoms with Crippen LogP contribution < -0.4 is 12.4 Å². The highest BCUT2D eigenvalue weighted by atomic mass is 35.5. The molecule has 0 fully saturated rings. The van der Waals surface area contributed by atoms with Crippen molar-refractivity contribution >= 4 is 16.8 Å². The van der Waals surface area contributed by atoms with Gasteiger partial charge >= 0.3 is 0 Å². The Kier molecular flexibility index (Phi) is 5.41. The Hall–Kier alpha value is 0.250. The minimum atomic E-state index is 0. The van der Waals surface area contributed by atoms with Crippen LogP contribution in [0.15, 0.2) is 0 Å². The summed E-state index contributed by atoms with van der Waals surface area (Å²) in [6, 6.07) is 0. The Morgan fingerprint density at radius 3 is 1.50 bits per heavy atom. The van der Waals surface area contributed by atoms with Gasteiger partial charge in [-0.2, -0.15) is 0 Å². The van der Waals surface area contributed by atoms with Gasteiger partial charge in [0.25, 0.3) is 0 Å². The molecular formula is C7H15Cl2N. The monoisotopic (exact) mass is 183 g/mol. The summed E-state index contributed by atoms with van der Waals surface area (Å²) in [5.41, 5.74) is 0.0883. The average molecular weight is 184 g/mol. The normalized spacial score (nSPS) is 10.2. The van der Waals surface area contributed by atoms with Crippen molar-refractivity contribution in [1.82, 2.24) is 0 Å². The zero-order valence-electron chi connectivity index (χ0n) is 7.20. The number of halogens is 2. The van der Waals surface area contributed by atoms with Crippen LogP contribution in [0.4, 0.5) is 0 Å². The molecule has 0 bridgehead atoms. The van der Waals surface area contributed by atoms with E-state index in [-0.39, 0.29) is 17.8 Å². The van der Waals surface area contributed by atoms with Crippen molar-refractivity contribution in [3.63, 3.8) is 0 Å². The number of hydrogen-bond donors (Lipinski definition) is 0. The molecule has 10 heavy (non-hydrogen) atoms. The summed E-state index contributed by atoms with van der Waals surface area (Å²) >= 11 is 5.93. The van der Waals surface area contributed by atoms with Gasteiger partial charge in [-0.05, 0) is 32.4 Å². The Morgan fingerprint density at radius 1 is 1.20 bits per heavy atom. The van der Waals surface area contributed by atoms with Crippen LogP contribution in [0, 0.1) is 5.41 Å². The van der Waals surface area contributed by atoms with Crippen LogP contribution in [0.1, 0.15) is 20.8 Å². The van der Waals surface area contributed by atoms with Crippen LogP contribution in [-0.4, -0.2) is 23.8 Å². The van der Waals surface area contributed by atoms with E-state index in [0.717, 1.165) is 5.17 Å². The molecule has 3 heteroatoms. The molecule has 0 aromatic heterocycles. The van der Waals surface area contributed by atoms with Gasteiger partial charge in [-0.25, -0.2) is 4.58 Å². The molecule has 0 aliphatic carbocycles. The molecule has 0 aromatic carbocycles. The lowest BCUT2D eigenvalue weighted by Gasteiger charge is -2.11. The summed E-state index contributed by atoms with van der Waals surface area (Å²) in [5, 5.41) is 0.891. The summed E-state index contributed by atoms with van der Waals surface area (Å²) in [7, 11) is 3.90. The van der Waals surface area contributed by atoms with Gasteiger partial charge in [-0.15, -0.1) is 0 Å². The fourth-order valence-electron chi connectivity index (χ4n) is 0.671. The zero-order chi connectivity index (χ0) is 7.65. The number of hydrogen-bond acceptors (Lipinski definition) is 0. The molecule has 0 unspecified atom stereocenters. The molecule has 0 spiro atoms. The molecule has 1 nitrogen and oxygen atoms in total. The van der Waals surface area contributed by atoms with Gasteiger partial charge in [-0.1, -0.05) is 0 Å². The minimum absolute atomic E-state index is 0. The summed E-state index contributed by atoms with van der Waals surface area (Å²) < 4.78 is 1.93. The highest BCUT2D eigenvalue weighted by molar-refractivity contribution is 6.64. The van der Waals surface area contributed by atoms with Crippen molar-refractivity contribution in [1.29, 1.82) is 0 Å². The van der Waals surface area contributed by atoms with Crippen LogP contribution in [0.5, 0.6) is 0 Å². The molecule has 0 aliphatic rings. The predicted molar refractivity (Wildman–Crippen MR) is 42.4 cm³/mol. The van der Waals surface area contributed by atoms with Gasteiger partial charge in [0.2, 0.25) is 5.17 Å². The molecule has 0 saturated heterocycles. The van der Waals surface area contributed by atoms with Crippen molar-refractivity contribution in [2.24, 2.45) is 5.41 Å². The zero-order valence-corrected chi connectivity index (χ0v) is 8.72. The van der Waals surface area contributed by atoms with Crippen LogP contribution in [0.25, 0.3) is 0 Å². The summed E-state index contributed by atoms with van der Waals surface area (Å²) in [6.07, 6.45) is 0. The molecule has 0 radical (unpaired) electrons. The molecule has 0 aromatic rings. The van der Waals surface area contributed by atoms with Crippen molar-refractivity contribution in [2.45, 2.75) is 20.8 Å². The second kappa shape index (κ2) is 4.20. The van der Waals surface area contributed by atoms with Crippen molar-refractivity contribution in [3.05, 3.63) is 0 Å². The average Bonchev–Trinajstić information content (AvgIpc) is 1.62.